The number of oxime groups is 1. The molecule has 1 aromatic rings. The Morgan fingerprint density at radius 2 is 2.00 bits per heavy atom. The third-order valence-corrected chi connectivity index (χ3v) is 2.57. The molecule has 0 aliphatic carbocycles. The third kappa shape index (κ3) is 1.92. The second-order valence-electron chi connectivity index (χ2n) is 2.59. The predicted molar refractivity (Wildman–Crippen MR) is 53.1 cm³/mol. The first-order valence-electron chi connectivity index (χ1n) is 3.57. The van der Waals surface area contributed by atoms with Gasteiger partial charge in [0.25, 0.3) is 0 Å². The van der Waals surface area contributed by atoms with Gasteiger partial charge in [0, 0.05) is 5.56 Å². The van der Waals surface area contributed by atoms with Crippen molar-refractivity contribution < 1.29 is 5.21 Å². The van der Waals surface area contributed by atoms with Crippen molar-refractivity contribution in [2.24, 2.45) is 5.16 Å². The minimum Gasteiger partial charge on any atom is -0.411 e. The van der Waals surface area contributed by atoms with E-state index in [1.807, 2.05) is 0 Å². The lowest BCUT2D eigenvalue weighted by Gasteiger charge is -2.06. The van der Waals surface area contributed by atoms with Gasteiger partial charge in [-0.05, 0) is 19.4 Å². The zero-order chi connectivity index (χ0) is 10.0. The average Bonchev–Trinajstić information content (AvgIpc) is 2.09. The highest BCUT2D eigenvalue weighted by Gasteiger charge is 2.10. The van der Waals surface area contributed by atoms with Crippen molar-refractivity contribution in [2.45, 2.75) is 13.8 Å². The second kappa shape index (κ2) is 3.94. The van der Waals surface area contributed by atoms with Crippen molar-refractivity contribution in [1.29, 1.82) is 0 Å². The molecule has 1 heterocycles. The molecule has 1 aromatic heterocycles. The molecule has 0 radical (unpaired) electrons. The van der Waals surface area contributed by atoms with Crippen molar-refractivity contribution in [1.82, 2.24) is 4.98 Å². The fourth-order valence-corrected chi connectivity index (χ4v) is 1.47. The van der Waals surface area contributed by atoms with E-state index in [1.54, 1.807) is 13.8 Å². The molecule has 0 saturated heterocycles. The molecule has 0 amide bonds. The van der Waals surface area contributed by atoms with Crippen LogP contribution >= 0.6 is 23.2 Å². The quantitative estimate of drug-likeness (QED) is 0.341. The summed E-state index contributed by atoms with van der Waals surface area (Å²) < 4.78 is 0. The molecule has 1 N–H and O–H groups in total. The maximum atomic E-state index is 8.37. The Labute approximate surface area is 86.0 Å². The normalized spacial score (nSPS) is 11.1. The minimum absolute atomic E-state index is 0.289. The van der Waals surface area contributed by atoms with E-state index in [-0.39, 0.29) is 5.15 Å². The summed E-state index contributed by atoms with van der Waals surface area (Å²) in [6.07, 6.45) is 1.22. The summed E-state index contributed by atoms with van der Waals surface area (Å²) in [5.41, 5.74) is 1.97. The smallest absolute Gasteiger partial charge is 0.138 e. The van der Waals surface area contributed by atoms with Gasteiger partial charge in [0.15, 0.2) is 0 Å². The number of hydrogen-bond acceptors (Lipinski definition) is 3. The standard InChI is InChI=1S/C8H8Cl2N2O/c1-4-6(3-11-13)8(10)12-5(2)7(4)9/h3,13H,1-2H3/b11-3+. The van der Waals surface area contributed by atoms with Crippen molar-refractivity contribution in [3.63, 3.8) is 0 Å². The van der Waals surface area contributed by atoms with E-state index in [1.165, 1.54) is 6.21 Å². The summed E-state index contributed by atoms with van der Waals surface area (Å²) >= 11 is 11.7. The van der Waals surface area contributed by atoms with Gasteiger partial charge in [-0.1, -0.05) is 28.4 Å². The zero-order valence-corrected chi connectivity index (χ0v) is 8.69. The third-order valence-electron chi connectivity index (χ3n) is 1.73. The van der Waals surface area contributed by atoms with Gasteiger partial charge in [0.2, 0.25) is 0 Å². The van der Waals surface area contributed by atoms with Crippen LogP contribution in [0.5, 0.6) is 0 Å². The van der Waals surface area contributed by atoms with Gasteiger partial charge in [0.1, 0.15) is 5.15 Å². The van der Waals surface area contributed by atoms with Gasteiger partial charge in [-0.25, -0.2) is 4.98 Å². The highest BCUT2D eigenvalue weighted by molar-refractivity contribution is 6.35. The van der Waals surface area contributed by atoms with Crippen LogP contribution in [-0.2, 0) is 0 Å². The van der Waals surface area contributed by atoms with Crippen LogP contribution in [0.2, 0.25) is 10.2 Å². The maximum absolute atomic E-state index is 8.37. The Balaban J connectivity index is 3.43. The predicted octanol–water partition coefficient (Wildman–Crippen LogP) is 2.81. The fraction of sp³-hybridized carbons (Fsp3) is 0.250. The molecule has 70 valence electrons. The molecule has 3 nitrogen and oxygen atoms in total. The van der Waals surface area contributed by atoms with Crippen molar-refractivity contribution in [2.75, 3.05) is 0 Å². The van der Waals surface area contributed by atoms with Gasteiger partial charge in [0.05, 0.1) is 16.9 Å². The van der Waals surface area contributed by atoms with E-state index in [0.29, 0.717) is 16.3 Å². The Morgan fingerprint density at radius 1 is 1.38 bits per heavy atom. The van der Waals surface area contributed by atoms with Crippen LogP contribution in [0.25, 0.3) is 0 Å². The molecule has 5 heteroatoms. The Kier molecular flexibility index (Phi) is 3.12. The average molecular weight is 219 g/mol. The molecule has 0 atom stereocenters. The monoisotopic (exact) mass is 218 g/mol. The molecule has 0 unspecified atom stereocenters. The Morgan fingerprint density at radius 3 is 2.54 bits per heavy atom. The second-order valence-corrected chi connectivity index (χ2v) is 3.32. The van der Waals surface area contributed by atoms with E-state index in [4.69, 9.17) is 28.4 Å². The number of rotatable bonds is 1. The fourth-order valence-electron chi connectivity index (χ4n) is 1.01. The molecular formula is C8H8Cl2N2O. The molecule has 0 spiro atoms. The van der Waals surface area contributed by atoms with Gasteiger partial charge < -0.3 is 5.21 Å². The van der Waals surface area contributed by atoms with Crippen molar-refractivity contribution >= 4 is 29.4 Å². The Bertz CT molecular complexity index is 364. The molecule has 0 bridgehead atoms. The van der Waals surface area contributed by atoms with E-state index in [9.17, 15) is 0 Å². The van der Waals surface area contributed by atoms with E-state index < -0.39 is 0 Å². The maximum Gasteiger partial charge on any atom is 0.138 e. The van der Waals surface area contributed by atoms with Crippen LogP contribution in [0.3, 0.4) is 0 Å². The molecule has 0 fully saturated rings. The lowest BCUT2D eigenvalue weighted by atomic mass is 10.1. The van der Waals surface area contributed by atoms with Gasteiger partial charge in [-0.2, -0.15) is 0 Å². The summed E-state index contributed by atoms with van der Waals surface area (Å²) in [5.74, 6) is 0. The van der Waals surface area contributed by atoms with Gasteiger partial charge in [-0.15, -0.1) is 0 Å². The largest absolute Gasteiger partial charge is 0.411 e. The summed E-state index contributed by atoms with van der Waals surface area (Å²) in [5, 5.41) is 12.1. The van der Waals surface area contributed by atoms with E-state index >= 15 is 0 Å². The van der Waals surface area contributed by atoms with E-state index in [2.05, 4.69) is 10.1 Å². The minimum atomic E-state index is 0.289. The highest BCUT2D eigenvalue weighted by Crippen LogP contribution is 2.25. The summed E-state index contributed by atoms with van der Waals surface area (Å²) in [6, 6.07) is 0. The van der Waals surface area contributed by atoms with Crippen LogP contribution in [0.1, 0.15) is 16.8 Å². The molecule has 0 saturated carbocycles. The summed E-state index contributed by atoms with van der Waals surface area (Å²) in [4.78, 5) is 3.98. The lowest BCUT2D eigenvalue weighted by Crippen LogP contribution is -1.96. The number of nitrogens with zero attached hydrogens (tertiary/aromatic N) is 2. The topological polar surface area (TPSA) is 45.5 Å². The van der Waals surface area contributed by atoms with Crippen LogP contribution in [0.4, 0.5) is 0 Å². The number of pyridine rings is 1. The van der Waals surface area contributed by atoms with Crippen LogP contribution in [0, 0.1) is 13.8 Å². The lowest BCUT2D eigenvalue weighted by molar-refractivity contribution is 0.322. The van der Waals surface area contributed by atoms with Crippen LogP contribution in [0.15, 0.2) is 5.16 Å². The number of halogens is 2. The molecular weight excluding hydrogens is 211 g/mol. The van der Waals surface area contributed by atoms with E-state index in [0.717, 1.165) is 5.56 Å². The van der Waals surface area contributed by atoms with Gasteiger partial charge in [-0.3, -0.25) is 0 Å². The molecule has 0 aromatic carbocycles. The summed E-state index contributed by atoms with van der Waals surface area (Å²) in [6.45, 7) is 3.56. The number of hydrogen-bond donors (Lipinski definition) is 1. The first kappa shape index (κ1) is 10.3. The van der Waals surface area contributed by atoms with Crippen molar-refractivity contribution in [3.05, 3.63) is 27.0 Å². The van der Waals surface area contributed by atoms with Gasteiger partial charge >= 0.3 is 0 Å². The Hall–Kier alpha value is -0.800. The van der Waals surface area contributed by atoms with Crippen LogP contribution in [-0.4, -0.2) is 16.4 Å². The van der Waals surface area contributed by atoms with Crippen molar-refractivity contribution in [3.8, 4) is 0 Å². The first-order valence-corrected chi connectivity index (χ1v) is 4.33. The molecule has 1 rings (SSSR count). The van der Waals surface area contributed by atoms with Crippen LogP contribution < -0.4 is 0 Å². The first-order chi connectivity index (χ1) is 6.07. The molecule has 0 aliphatic heterocycles. The molecule has 0 aliphatic rings. The number of aromatic nitrogens is 1. The zero-order valence-electron chi connectivity index (χ0n) is 7.17. The highest BCUT2D eigenvalue weighted by atomic mass is 35.5. The SMILES string of the molecule is Cc1nc(Cl)c(/C=N/O)c(C)c1Cl. The number of aryl methyl sites for hydroxylation is 1. The molecule has 13 heavy (non-hydrogen) atoms. The summed E-state index contributed by atoms with van der Waals surface area (Å²) in [7, 11) is 0.